The molecule has 0 saturated heterocycles. The number of carbonyl (C=O) groups excluding carboxylic acids is 1. The summed E-state index contributed by atoms with van der Waals surface area (Å²) in [5.41, 5.74) is 2.57. The van der Waals surface area contributed by atoms with Crippen molar-refractivity contribution in [1.82, 2.24) is 15.1 Å². The molecule has 0 radical (unpaired) electrons. The van der Waals surface area contributed by atoms with Gasteiger partial charge in [-0.25, -0.2) is 0 Å². The first-order chi connectivity index (χ1) is 20.2. The summed E-state index contributed by atoms with van der Waals surface area (Å²) in [6.45, 7) is 0.118. The van der Waals surface area contributed by atoms with Gasteiger partial charge in [-0.3, -0.25) is 4.79 Å². The fraction of sp³-hybridized carbons (Fsp3) is 0.233. The van der Waals surface area contributed by atoms with Crippen molar-refractivity contribution in [1.29, 1.82) is 0 Å². The number of benzene rings is 3. The lowest BCUT2D eigenvalue weighted by Gasteiger charge is -2.23. The number of halogens is 3. The van der Waals surface area contributed by atoms with Crippen molar-refractivity contribution < 1.29 is 29.2 Å². The van der Waals surface area contributed by atoms with Gasteiger partial charge in [0.25, 0.3) is 5.91 Å². The third-order valence-electron chi connectivity index (χ3n) is 6.32. The fourth-order valence-electron chi connectivity index (χ4n) is 4.15. The highest BCUT2D eigenvalue weighted by atomic mass is 35.5. The Morgan fingerprint density at radius 2 is 1.55 bits per heavy atom. The average molecular weight is 633 g/mol. The van der Waals surface area contributed by atoms with Crippen molar-refractivity contribution in [3.63, 3.8) is 0 Å². The lowest BCUT2D eigenvalue weighted by Crippen LogP contribution is -2.33. The van der Waals surface area contributed by atoms with Gasteiger partial charge in [0.15, 0.2) is 17.2 Å². The van der Waals surface area contributed by atoms with Crippen molar-refractivity contribution in [2.24, 2.45) is 0 Å². The van der Waals surface area contributed by atoms with Gasteiger partial charge < -0.3 is 29.3 Å². The third-order valence-corrected chi connectivity index (χ3v) is 7.15. The van der Waals surface area contributed by atoms with Crippen molar-refractivity contribution >= 4 is 40.7 Å². The Morgan fingerprint density at radius 3 is 2.19 bits per heavy atom. The molecule has 0 unspecified atom stereocenters. The zero-order chi connectivity index (χ0) is 30.2. The predicted octanol–water partition coefficient (Wildman–Crippen LogP) is 6.08. The zero-order valence-electron chi connectivity index (χ0n) is 22.8. The Balaban J connectivity index is 1.68. The van der Waals surface area contributed by atoms with E-state index in [1.54, 1.807) is 30.3 Å². The van der Waals surface area contributed by atoms with E-state index in [1.807, 2.05) is 12.1 Å². The summed E-state index contributed by atoms with van der Waals surface area (Å²) in [7, 11) is 3.06. The molecule has 0 bridgehead atoms. The van der Waals surface area contributed by atoms with Gasteiger partial charge in [-0.15, -0.1) is 10.2 Å². The van der Waals surface area contributed by atoms with Crippen LogP contribution in [0.15, 0.2) is 60.7 Å². The van der Waals surface area contributed by atoms with E-state index in [0.29, 0.717) is 28.5 Å². The molecule has 0 aliphatic carbocycles. The summed E-state index contributed by atoms with van der Waals surface area (Å²) in [6, 6.07) is 17.1. The minimum Gasteiger partial charge on any atom is -0.505 e. The van der Waals surface area contributed by atoms with Crippen LogP contribution in [-0.4, -0.2) is 65.2 Å². The number of phenols is 1. The van der Waals surface area contributed by atoms with Gasteiger partial charge in [0, 0.05) is 30.1 Å². The Hall–Kier alpha value is -3.76. The summed E-state index contributed by atoms with van der Waals surface area (Å²) >= 11 is 18.2. The first-order valence-electron chi connectivity index (χ1n) is 12.8. The van der Waals surface area contributed by atoms with Crippen molar-refractivity contribution in [3.05, 3.63) is 92.4 Å². The molecule has 0 spiro atoms. The molecule has 220 valence electrons. The molecule has 3 aromatic carbocycles. The number of aliphatic hydroxyl groups is 1. The van der Waals surface area contributed by atoms with Gasteiger partial charge in [0.05, 0.1) is 43.2 Å². The van der Waals surface area contributed by atoms with Crippen LogP contribution in [0.5, 0.6) is 23.1 Å². The van der Waals surface area contributed by atoms with E-state index in [4.69, 9.17) is 49.0 Å². The van der Waals surface area contributed by atoms with Crippen LogP contribution >= 0.6 is 34.8 Å². The molecule has 0 fully saturated rings. The fourth-order valence-corrected chi connectivity index (χ4v) is 4.77. The molecule has 1 aromatic heterocycles. The van der Waals surface area contributed by atoms with Crippen LogP contribution in [0, 0.1) is 0 Å². The molecule has 12 heteroatoms. The molecule has 1 amide bonds. The Morgan fingerprint density at radius 1 is 0.881 bits per heavy atom. The summed E-state index contributed by atoms with van der Waals surface area (Å²) in [5.74, 6) is 0.354. The van der Waals surface area contributed by atoms with Crippen molar-refractivity contribution in [2.45, 2.75) is 13.0 Å². The van der Waals surface area contributed by atoms with Crippen LogP contribution in [0.3, 0.4) is 0 Å². The number of amides is 1. The number of phenolic OH excluding ortho intramolecular Hbond substituents is 1. The number of aliphatic hydroxyl groups excluding tert-OH is 1. The van der Waals surface area contributed by atoms with E-state index in [9.17, 15) is 15.0 Å². The second-order valence-electron chi connectivity index (χ2n) is 9.10. The molecule has 4 aromatic rings. The maximum atomic E-state index is 14.0. The highest BCUT2D eigenvalue weighted by Gasteiger charge is 2.24. The van der Waals surface area contributed by atoms with Crippen LogP contribution in [0.25, 0.3) is 11.3 Å². The summed E-state index contributed by atoms with van der Waals surface area (Å²) in [5, 5.41) is 28.9. The molecule has 1 heterocycles. The van der Waals surface area contributed by atoms with Gasteiger partial charge >= 0.3 is 0 Å². The molecule has 0 atom stereocenters. The van der Waals surface area contributed by atoms with E-state index in [1.165, 1.54) is 37.3 Å². The number of hydrogen-bond acceptors (Lipinski definition) is 8. The van der Waals surface area contributed by atoms with Gasteiger partial charge in [-0.2, -0.15) is 0 Å². The normalized spacial score (nSPS) is 10.8. The quantitative estimate of drug-likeness (QED) is 0.193. The number of carbonyl (C=O) groups is 1. The molecular weight excluding hydrogens is 605 g/mol. The Bertz CT molecular complexity index is 1530. The minimum atomic E-state index is -0.451. The number of ether oxygens (including phenoxy) is 3. The van der Waals surface area contributed by atoms with Gasteiger partial charge in [0.1, 0.15) is 5.56 Å². The van der Waals surface area contributed by atoms with E-state index < -0.39 is 5.91 Å². The average Bonchev–Trinajstić information content (AvgIpc) is 3.00. The molecule has 0 aliphatic heterocycles. The van der Waals surface area contributed by atoms with Crippen LogP contribution < -0.4 is 14.2 Å². The van der Waals surface area contributed by atoms with Gasteiger partial charge in [-0.05, 0) is 53.6 Å². The lowest BCUT2D eigenvalue weighted by molar-refractivity contribution is 0.0702. The van der Waals surface area contributed by atoms with Crippen LogP contribution in [0.1, 0.15) is 21.5 Å². The summed E-state index contributed by atoms with van der Waals surface area (Å²) < 4.78 is 16.7. The van der Waals surface area contributed by atoms with E-state index in [-0.39, 0.29) is 59.2 Å². The maximum Gasteiger partial charge on any atom is 0.259 e. The first kappa shape index (κ1) is 31.2. The molecular formula is C30H28Cl3N3O6. The highest BCUT2D eigenvalue weighted by Crippen LogP contribution is 2.36. The van der Waals surface area contributed by atoms with E-state index in [2.05, 4.69) is 10.2 Å². The second kappa shape index (κ2) is 14.4. The zero-order valence-corrected chi connectivity index (χ0v) is 25.1. The van der Waals surface area contributed by atoms with Crippen LogP contribution in [-0.2, 0) is 13.0 Å². The number of rotatable bonds is 12. The SMILES string of the molecule is COc1ccc(CN(CCO)C(=O)c2cc(-c3cc(Cl)c(O)c(Cl)c3)nnc2OCCc2ccc(Cl)cc2)cc1OC. The Labute approximate surface area is 258 Å². The molecule has 9 nitrogen and oxygen atoms in total. The first-order valence-corrected chi connectivity index (χ1v) is 13.9. The lowest BCUT2D eigenvalue weighted by atomic mass is 10.1. The monoisotopic (exact) mass is 631 g/mol. The van der Waals surface area contributed by atoms with Gasteiger partial charge in [0.2, 0.25) is 5.88 Å². The number of aromatic hydroxyl groups is 1. The number of aromatic nitrogens is 2. The largest absolute Gasteiger partial charge is 0.505 e. The van der Waals surface area contributed by atoms with Gasteiger partial charge in [-0.1, -0.05) is 53.0 Å². The molecule has 0 saturated carbocycles. The molecule has 4 rings (SSSR count). The van der Waals surface area contributed by atoms with Crippen LogP contribution in [0.2, 0.25) is 15.1 Å². The topological polar surface area (TPSA) is 114 Å². The molecule has 2 N–H and O–H groups in total. The maximum absolute atomic E-state index is 14.0. The summed E-state index contributed by atoms with van der Waals surface area (Å²) in [6.07, 6.45) is 0.531. The van der Waals surface area contributed by atoms with E-state index >= 15 is 0 Å². The number of methoxy groups -OCH3 is 2. The minimum absolute atomic E-state index is 0.0175. The van der Waals surface area contributed by atoms with Crippen molar-refractivity contribution in [2.75, 3.05) is 34.0 Å². The van der Waals surface area contributed by atoms with E-state index in [0.717, 1.165) is 11.1 Å². The summed E-state index contributed by atoms with van der Waals surface area (Å²) in [4.78, 5) is 15.4. The standard InChI is InChI=1S/C30H28Cl3N3O6/c1-40-26-8-5-19(13-27(26)41-2)17-36(10-11-37)30(39)22-16-25(20-14-23(32)28(38)24(33)15-20)34-35-29(22)42-12-9-18-3-6-21(31)7-4-18/h3-8,13-16,37-38H,9-12,17H2,1-2H3. The molecule has 0 aliphatic rings. The number of nitrogens with zero attached hydrogens (tertiary/aromatic N) is 3. The van der Waals surface area contributed by atoms with Crippen molar-refractivity contribution in [3.8, 4) is 34.4 Å². The smallest absolute Gasteiger partial charge is 0.259 e. The Kier molecular flexibility index (Phi) is 10.7. The van der Waals surface area contributed by atoms with Crippen LogP contribution in [0.4, 0.5) is 0 Å². The molecule has 42 heavy (non-hydrogen) atoms. The highest BCUT2D eigenvalue weighted by molar-refractivity contribution is 6.37. The third kappa shape index (κ3) is 7.54. The second-order valence-corrected chi connectivity index (χ2v) is 10.4. The predicted molar refractivity (Wildman–Crippen MR) is 161 cm³/mol. The number of hydrogen-bond donors (Lipinski definition) is 2.